The van der Waals surface area contributed by atoms with E-state index in [1.165, 1.54) is 23.8 Å². The number of benzene rings is 1. The Bertz CT molecular complexity index is 1020. The second-order valence-electron chi connectivity index (χ2n) is 9.33. The van der Waals surface area contributed by atoms with E-state index >= 15 is 0 Å². The molecule has 1 saturated carbocycles. The molecule has 0 unspecified atom stereocenters. The zero-order valence-electron chi connectivity index (χ0n) is 18.8. The van der Waals surface area contributed by atoms with Crippen molar-refractivity contribution in [2.24, 2.45) is 5.41 Å². The van der Waals surface area contributed by atoms with Crippen LogP contribution in [0.5, 0.6) is 0 Å². The van der Waals surface area contributed by atoms with Crippen LogP contribution in [-0.4, -0.2) is 46.1 Å². The molecule has 1 aliphatic carbocycles. The Kier molecular flexibility index (Phi) is 6.86. The summed E-state index contributed by atoms with van der Waals surface area (Å²) < 4.78 is 6.68. The molecule has 0 radical (unpaired) electrons. The number of aromatic nitrogens is 2. The molecule has 0 bridgehead atoms. The van der Waals surface area contributed by atoms with Gasteiger partial charge in [0.2, 0.25) is 0 Å². The summed E-state index contributed by atoms with van der Waals surface area (Å²) in [4.78, 5) is 32.2. The average molecular weight is 459 g/mol. The molecule has 1 N–H and O–H groups in total. The van der Waals surface area contributed by atoms with Crippen LogP contribution in [0.1, 0.15) is 43.9 Å². The van der Waals surface area contributed by atoms with Gasteiger partial charge in [-0.3, -0.25) is 19.1 Å². The zero-order chi connectivity index (χ0) is 22.7. The van der Waals surface area contributed by atoms with E-state index in [2.05, 4.69) is 22.1 Å². The lowest BCUT2D eigenvalue weighted by Crippen LogP contribution is -2.39. The number of anilines is 1. The maximum atomic E-state index is 13.0. The second-order valence-corrected chi connectivity index (χ2v) is 9.69. The topological polar surface area (TPSA) is 76.5 Å². The van der Waals surface area contributed by atoms with Gasteiger partial charge in [0.1, 0.15) is 13.2 Å². The van der Waals surface area contributed by atoms with Gasteiger partial charge >= 0.3 is 5.97 Å². The summed E-state index contributed by atoms with van der Waals surface area (Å²) >= 11 is 6.29. The summed E-state index contributed by atoms with van der Waals surface area (Å²) in [6.45, 7) is 6.82. The third kappa shape index (κ3) is 5.51. The highest BCUT2D eigenvalue weighted by Crippen LogP contribution is 2.46. The second kappa shape index (κ2) is 9.63. The quantitative estimate of drug-likeness (QED) is 0.578. The number of carbonyl (C=O) groups excluding carboxylic acids is 1. The number of nitrogens with one attached hydrogen (secondary N) is 1. The number of hydrogen-bond acceptors (Lipinski definition) is 6. The van der Waals surface area contributed by atoms with E-state index in [1.807, 2.05) is 30.3 Å². The maximum absolute atomic E-state index is 13.0. The monoisotopic (exact) mass is 458 g/mol. The minimum atomic E-state index is -0.494. The number of likely N-dealkylation sites (tertiary alicyclic amines) is 1. The van der Waals surface area contributed by atoms with Gasteiger partial charge in [0.05, 0.1) is 5.69 Å². The summed E-state index contributed by atoms with van der Waals surface area (Å²) in [7, 11) is 0. The highest BCUT2D eigenvalue weighted by Gasteiger charge is 2.41. The van der Waals surface area contributed by atoms with Gasteiger partial charge in [-0.15, -0.1) is 0 Å². The Labute approximate surface area is 193 Å². The van der Waals surface area contributed by atoms with Crippen LogP contribution in [0.15, 0.2) is 35.1 Å². The van der Waals surface area contributed by atoms with Crippen LogP contribution in [-0.2, 0) is 22.7 Å². The van der Waals surface area contributed by atoms with Crippen LogP contribution in [0.2, 0.25) is 5.15 Å². The SMILES string of the molecule is Cc1c(Cl)nc(NC[C@H]2CCCN2CC2(C)CC2)c(=O)n1CC(=O)OCc1ccccc1. The van der Waals surface area contributed by atoms with E-state index in [4.69, 9.17) is 16.3 Å². The number of hydrogen-bond donors (Lipinski definition) is 1. The average Bonchev–Trinajstić information content (AvgIpc) is 3.35. The van der Waals surface area contributed by atoms with Gasteiger partial charge in [-0.2, -0.15) is 0 Å². The Morgan fingerprint density at radius 1 is 1.31 bits per heavy atom. The largest absolute Gasteiger partial charge is 0.459 e. The Morgan fingerprint density at radius 2 is 2.06 bits per heavy atom. The van der Waals surface area contributed by atoms with Gasteiger partial charge in [-0.1, -0.05) is 48.9 Å². The lowest BCUT2D eigenvalue weighted by Gasteiger charge is -2.27. The van der Waals surface area contributed by atoms with Crippen LogP contribution < -0.4 is 10.9 Å². The molecule has 8 heteroatoms. The van der Waals surface area contributed by atoms with E-state index in [0.29, 0.717) is 23.7 Å². The van der Waals surface area contributed by atoms with Crippen LogP contribution in [0.25, 0.3) is 0 Å². The molecule has 2 aliphatic rings. The van der Waals surface area contributed by atoms with Crippen LogP contribution in [0.4, 0.5) is 5.82 Å². The molecule has 1 aromatic carbocycles. The Balaban J connectivity index is 1.40. The number of ether oxygens (including phenoxy) is 1. The number of nitrogens with zero attached hydrogens (tertiary/aromatic N) is 3. The Hall–Kier alpha value is -2.38. The molecule has 1 atom stereocenters. The molecule has 1 aromatic heterocycles. The van der Waals surface area contributed by atoms with Crippen molar-refractivity contribution >= 4 is 23.4 Å². The van der Waals surface area contributed by atoms with Gasteiger partial charge < -0.3 is 10.1 Å². The van der Waals surface area contributed by atoms with Gasteiger partial charge in [0.25, 0.3) is 5.56 Å². The number of esters is 1. The summed E-state index contributed by atoms with van der Waals surface area (Å²) in [6.07, 6.45) is 4.86. The molecule has 1 aliphatic heterocycles. The number of halogens is 1. The van der Waals surface area contributed by atoms with Crippen molar-refractivity contribution in [3.8, 4) is 0 Å². The predicted octanol–water partition coefficient (Wildman–Crippen LogP) is 3.62. The molecule has 1 saturated heterocycles. The molecule has 4 rings (SSSR count). The minimum absolute atomic E-state index is 0.161. The molecule has 0 amide bonds. The van der Waals surface area contributed by atoms with Gasteiger partial charge in [0.15, 0.2) is 11.0 Å². The summed E-state index contributed by atoms with van der Waals surface area (Å²) in [6, 6.07) is 9.80. The fraction of sp³-hybridized carbons (Fsp3) is 0.542. The number of rotatable bonds is 9. The third-order valence-corrected chi connectivity index (χ3v) is 6.94. The molecule has 32 heavy (non-hydrogen) atoms. The van der Waals surface area contributed by atoms with Crippen molar-refractivity contribution in [2.45, 2.75) is 58.7 Å². The van der Waals surface area contributed by atoms with Crippen LogP contribution in [0, 0.1) is 12.3 Å². The van der Waals surface area contributed by atoms with E-state index in [-0.39, 0.29) is 29.7 Å². The van der Waals surface area contributed by atoms with E-state index in [0.717, 1.165) is 25.1 Å². The first-order valence-electron chi connectivity index (χ1n) is 11.3. The first kappa shape index (κ1) is 22.8. The van der Waals surface area contributed by atoms with Crippen molar-refractivity contribution in [3.63, 3.8) is 0 Å². The van der Waals surface area contributed by atoms with Crippen LogP contribution in [0.3, 0.4) is 0 Å². The zero-order valence-corrected chi connectivity index (χ0v) is 19.5. The molecular weight excluding hydrogens is 428 g/mol. The van der Waals surface area contributed by atoms with Crippen molar-refractivity contribution < 1.29 is 9.53 Å². The summed E-state index contributed by atoms with van der Waals surface area (Å²) in [5.74, 6) is -0.312. The van der Waals surface area contributed by atoms with E-state index in [1.54, 1.807) is 6.92 Å². The Morgan fingerprint density at radius 3 is 2.78 bits per heavy atom. The first-order chi connectivity index (χ1) is 15.3. The predicted molar refractivity (Wildman–Crippen MR) is 125 cm³/mol. The van der Waals surface area contributed by atoms with E-state index < -0.39 is 5.97 Å². The third-order valence-electron chi connectivity index (χ3n) is 6.58. The first-order valence-corrected chi connectivity index (χ1v) is 11.7. The molecule has 172 valence electrons. The van der Waals surface area contributed by atoms with Crippen molar-refractivity contribution in [3.05, 3.63) is 57.1 Å². The van der Waals surface area contributed by atoms with Gasteiger partial charge in [-0.25, -0.2) is 4.98 Å². The van der Waals surface area contributed by atoms with Gasteiger partial charge in [0, 0.05) is 19.1 Å². The van der Waals surface area contributed by atoms with Crippen LogP contribution >= 0.6 is 11.6 Å². The maximum Gasteiger partial charge on any atom is 0.326 e. The smallest absolute Gasteiger partial charge is 0.326 e. The summed E-state index contributed by atoms with van der Waals surface area (Å²) in [5.41, 5.74) is 1.44. The normalized spacial score (nSPS) is 19.7. The van der Waals surface area contributed by atoms with Crippen molar-refractivity contribution in [1.29, 1.82) is 0 Å². The highest BCUT2D eigenvalue weighted by atomic mass is 35.5. The fourth-order valence-corrected chi connectivity index (χ4v) is 4.43. The lowest BCUT2D eigenvalue weighted by molar-refractivity contribution is -0.145. The van der Waals surface area contributed by atoms with Gasteiger partial charge in [-0.05, 0) is 50.1 Å². The van der Waals surface area contributed by atoms with Crippen molar-refractivity contribution in [2.75, 3.05) is 25.0 Å². The molecule has 0 spiro atoms. The number of carbonyl (C=O) groups is 1. The van der Waals surface area contributed by atoms with E-state index in [9.17, 15) is 9.59 Å². The molecule has 7 nitrogen and oxygen atoms in total. The minimum Gasteiger partial charge on any atom is -0.459 e. The highest BCUT2D eigenvalue weighted by molar-refractivity contribution is 6.30. The van der Waals surface area contributed by atoms with Crippen molar-refractivity contribution in [1.82, 2.24) is 14.5 Å². The molecule has 2 heterocycles. The standard InChI is InChI=1S/C24H31ClN4O3/c1-17-21(25)27-22(26-13-19-9-6-12-28(19)16-24(2)10-11-24)23(31)29(17)14-20(30)32-15-18-7-4-3-5-8-18/h3-5,7-8,19H,6,9-16H2,1-2H3,(H,26,27)/t19-/m1/s1. The molecular formula is C24H31ClN4O3. The molecule has 2 aromatic rings. The fourth-order valence-electron chi connectivity index (χ4n) is 4.25. The lowest BCUT2D eigenvalue weighted by atomic mass is 10.1. The summed E-state index contributed by atoms with van der Waals surface area (Å²) in [5, 5.41) is 3.41. The molecule has 2 fully saturated rings.